The van der Waals surface area contributed by atoms with E-state index in [1.165, 1.54) is 250 Å². The van der Waals surface area contributed by atoms with E-state index in [1.54, 1.807) is 0 Å². The van der Waals surface area contributed by atoms with Crippen molar-refractivity contribution in [2.75, 3.05) is 13.2 Å². The van der Waals surface area contributed by atoms with Gasteiger partial charge in [0.1, 0.15) is 6.61 Å². The Morgan fingerprint density at radius 1 is 0.349 bits per heavy atom. The molecule has 1 atom stereocenters. The van der Waals surface area contributed by atoms with Crippen molar-refractivity contribution in [3.63, 3.8) is 0 Å². The number of carbonyl (C=O) groups is 2. The van der Waals surface area contributed by atoms with Gasteiger partial charge >= 0.3 is 19.8 Å². The van der Waals surface area contributed by atoms with Gasteiger partial charge < -0.3 is 19.3 Å². The predicted octanol–water partition coefficient (Wildman–Crippen LogP) is 17.9. The highest BCUT2D eigenvalue weighted by Gasteiger charge is 2.23. The van der Waals surface area contributed by atoms with Gasteiger partial charge in [-0.15, -0.1) is 0 Å². The first kappa shape index (κ1) is 62.1. The molecule has 0 rings (SSSR count). The quantitative estimate of drug-likeness (QED) is 0.0352. The molecular formula is C54H107O8P. The third-order valence-corrected chi connectivity index (χ3v) is 13.4. The zero-order chi connectivity index (χ0) is 46.0. The maximum Gasteiger partial charge on any atom is 0.469 e. The van der Waals surface area contributed by atoms with E-state index in [0.717, 1.165) is 32.1 Å². The van der Waals surface area contributed by atoms with Crippen molar-refractivity contribution in [3.05, 3.63) is 0 Å². The number of phosphoric ester groups is 1. The number of carbonyl (C=O) groups excluding carboxylic acids is 2. The van der Waals surface area contributed by atoms with Crippen LogP contribution >= 0.6 is 7.82 Å². The van der Waals surface area contributed by atoms with Gasteiger partial charge in [0, 0.05) is 12.8 Å². The number of hydrogen-bond acceptors (Lipinski definition) is 6. The molecule has 376 valence electrons. The molecule has 9 heteroatoms. The molecule has 0 bridgehead atoms. The second-order valence-electron chi connectivity index (χ2n) is 19.3. The van der Waals surface area contributed by atoms with Gasteiger partial charge in [-0.3, -0.25) is 14.1 Å². The first-order chi connectivity index (χ1) is 30.8. The van der Waals surface area contributed by atoms with E-state index in [2.05, 4.69) is 18.4 Å². The normalized spacial score (nSPS) is 12.3. The molecule has 0 aromatic carbocycles. The third-order valence-electron chi connectivity index (χ3n) is 12.9. The Bertz CT molecular complexity index is 987. The molecule has 0 aliphatic heterocycles. The molecule has 0 aliphatic rings. The van der Waals surface area contributed by atoms with Gasteiger partial charge in [0.15, 0.2) is 6.10 Å². The summed E-state index contributed by atoms with van der Waals surface area (Å²) in [6.07, 6.45) is 58.5. The molecule has 0 amide bonds. The summed E-state index contributed by atoms with van der Waals surface area (Å²) < 4.78 is 26.6. The Morgan fingerprint density at radius 2 is 0.571 bits per heavy atom. The Labute approximate surface area is 391 Å². The zero-order valence-electron chi connectivity index (χ0n) is 42.0. The number of phosphoric acid groups is 1. The van der Waals surface area contributed by atoms with E-state index in [1.807, 2.05) is 0 Å². The maximum absolute atomic E-state index is 12.5. The van der Waals surface area contributed by atoms with Gasteiger partial charge in [-0.05, 0) is 12.8 Å². The number of rotatable bonds is 53. The van der Waals surface area contributed by atoms with Crippen LogP contribution in [-0.2, 0) is 28.2 Å². The minimum absolute atomic E-state index is 0.221. The Hall–Kier alpha value is -0.950. The van der Waals surface area contributed by atoms with Crippen molar-refractivity contribution in [3.8, 4) is 0 Å². The predicted molar refractivity (Wildman–Crippen MR) is 267 cm³/mol. The van der Waals surface area contributed by atoms with Crippen LogP contribution in [0, 0.1) is 0 Å². The van der Waals surface area contributed by atoms with Crippen molar-refractivity contribution < 1.29 is 37.9 Å². The van der Waals surface area contributed by atoms with Crippen LogP contribution in [-0.4, -0.2) is 41.0 Å². The molecule has 0 fully saturated rings. The van der Waals surface area contributed by atoms with Crippen LogP contribution in [0.5, 0.6) is 0 Å². The van der Waals surface area contributed by atoms with Crippen LogP contribution in [0.3, 0.4) is 0 Å². The number of hydrogen-bond donors (Lipinski definition) is 2. The monoisotopic (exact) mass is 915 g/mol. The van der Waals surface area contributed by atoms with Gasteiger partial charge in [-0.1, -0.05) is 290 Å². The van der Waals surface area contributed by atoms with E-state index in [0.29, 0.717) is 6.42 Å². The number of ether oxygens (including phenoxy) is 2. The summed E-state index contributed by atoms with van der Waals surface area (Å²) in [6.45, 7) is 3.77. The van der Waals surface area contributed by atoms with E-state index in [4.69, 9.17) is 19.3 Å². The molecule has 1 unspecified atom stereocenters. The highest BCUT2D eigenvalue weighted by molar-refractivity contribution is 7.46. The lowest BCUT2D eigenvalue weighted by Gasteiger charge is -2.18. The van der Waals surface area contributed by atoms with Gasteiger partial charge in [0.25, 0.3) is 0 Å². The van der Waals surface area contributed by atoms with Crippen LogP contribution < -0.4 is 0 Å². The Balaban J connectivity index is 3.71. The number of unbranched alkanes of at least 4 members (excludes halogenated alkanes) is 43. The zero-order valence-corrected chi connectivity index (χ0v) is 42.9. The van der Waals surface area contributed by atoms with E-state index in [9.17, 15) is 14.2 Å². The van der Waals surface area contributed by atoms with Crippen molar-refractivity contribution in [1.29, 1.82) is 0 Å². The van der Waals surface area contributed by atoms with Crippen molar-refractivity contribution in [2.45, 2.75) is 322 Å². The van der Waals surface area contributed by atoms with Gasteiger partial charge in [-0.25, -0.2) is 4.57 Å². The lowest BCUT2D eigenvalue weighted by Crippen LogP contribution is -2.29. The summed E-state index contributed by atoms with van der Waals surface area (Å²) in [5.41, 5.74) is 0. The molecule has 0 spiro atoms. The SMILES string of the molecule is CCCCCCCCCCCCCCCCCCCCCCCCCCC(=O)OC(COC(=O)CCCCCCCCCCCCCCCCCCCCCCC)COP(=O)(O)O. The molecule has 63 heavy (non-hydrogen) atoms. The van der Waals surface area contributed by atoms with Gasteiger partial charge in [0.2, 0.25) is 0 Å². The van der Waals surface area contributed by atoms with Crippen LogP contribution in [0.4, 0.5) is 0 Å². The maximum atomic E-state index is 12.5. The Morgan fingerprint density at radius 3 is 0.810 bits per heavy atom. The first-order valence-electron chi connectivity index (χ1n) is 27.8. The van der Waals surface area contributed by atoms with Crippen molar-refractivity contribution >= 4 is 19.8 Å². The van der Waals surface area contributed by atoms with E-state index < -0.39 is 32.5 Å². The molecular weight excluding hydrogens is 808 g/mol. The summed E-state index contributed by atoms with van der Waals surface area (Å²) in [5, 5.41) is 0. The summed E-state index contributed by atoms with van der Waals surface area (Å²) >= 11 is 0. The minimum atomic E-state index is -4.76. The fourth-order valence-corrected chi connectivity index (χ4v) is 9.09. The topological polar surface area (TPSA) is 119 Å². The van der Waals surface area contributed by atoms with E-state index in [-0.39, 0.29) is 19.4 Å². The second-order valence-corrected chi connectivity index (χ2v) is 20.5. The molecule has 0 aromatic heterocycles. The van der Waals surface area contributed by atoms with E-state index >= 15 is 0 Å². The molecule has 2 N–H and O–H groups in total. The highest BCUT2D eigenvalue weighted by Crippen LogP contribution is 2.36. The summed E-state index contributed by atoms with van der Waals surface area (Å²) in [7, 11) is -4.76. The van der Waals surface area contributed by atoms with Crippen molar-refractivity contribution in [1.82, 2.24) is 0 Å². The molecule has 0 aromatic rings. The molecule has 0 saturated carbocycles. The average Bonchev–Trinajstić information content (AvgIpc) is 3.26. The first-order valence-corrected chi connectivity index (χ1v) is 29.4. The average molecular weight is 915 g/mol. The number of esters is 2. The molecule has 0 aliphatic carbocycles. The largest absolute Gasteiger partial charge is 0.469 e. The summed E-state index contributed by atoms with van der Waals surface area (Å²) in [5.74, 6) is -0.858. The van der Waals surface area contributed by atoms with Crippen LogP contribution in [0.1, 0.15) is 316 Å². The standard InChI is InChI=1S/C54H107O8P/c1-3-5-7-9-11-13-15-17-19-21-23-25-26-27-29-31-33-35-37-39-41-43-45-47-49-54(56)62-52(51-61-63(57,58)59)50-60-53(55)48-46-44-42-40-38-36-34-32-30-28-24-22-20-18-16-14-12-10-8-6-4-2/h52H,3-51H2,1-2H3,(H2,57,58,59). The Kier molecular flexibility index (Phi) is 49.7. The van der Waals surface area contributed by atoms with Crippen molar-refractivity contribution in [2.24, 2.45) is 0 Å². The summed E-state index contributed by atoms with van der Waals surface area (Å²) in [4.78, 5) is 43.2. The minimum Gasteiger partial charge on any atom is -0.462 e. The smallest absolute Gasteiger partial charge is 0.462 e. The molecule has 8 nitrogen and oxygen atoms in total. The van der Waals surface area contributed by atoms with Crippen LogP contribution in [0.15, 0.2) is 0 Å². The lowest BCUT2D eigenvalue weighted by molar-refractivity contribution is -0.161. The van der Waals surface area contributed by atoms with Gasteiger partial charge in [-0.2, -0.15) is 0 Å². The fourth-order valence-electron chi connectivity index (χ4n) is 8.73. The van der Waals surface area contributed by atoms with Gasteiger partial charge in [0.05, 0.1) is 6.61 Å². The molecule has 0 saturated heterocycles. The highest BCUT2D eigenvalue weighted by atomic mass is 31.2. The molecule has 0 heterocycles. The molecule has 0 radical (unpaired) electrons. The third kappa shape index (κ3) is 53.5. The van der Waals surface area contributed by atoms with Crippen LogP contribution in [0.25, 0.3) is 0 Å². The second kappa shape index (κ2) is 50.5. The summed E-state index contributed by atoms with van der Waals surface area (Å²) in [6, 6.07) is 0. The van der Waals surface area contributed by atoms with Crippen LogP contribution in [0.2, 0.25) is 0 Å². The fraction of sp³-hybridized carbons (Fsp3) is 0.963. The lowest BCUT2D eigenvalue weighted by atomic mass is 10.0.